The first-order valence-corrected chi connectivity index (χ1v) is 7.75. The van der Waals surface area contributed by atoms with Gasteiger partial charge in [-0.1, -0.05) is 6.42 Å². The predicted molar refractivity (Wildman–Crippen MR) is 83.3 cm³/mol. The number of nitrogens with zero attached hydrogens (tertiary/aromatic N) is 4. The highest BCUT2D eigenvalue weighted by atomic mass is 15.3. The lowest BCUT2D eigenvalue weighted by molar-refractivity contribution is 0.399. The molecule has 0 atom stereocenters. The monoisotopic (exact) mass is 285 g/mol. The molecule has 0 spiro atoms. The van der Waals surface area contributed by atoms with Crippen molar-refractivity contribution in [1.82, 2.24) is 19.7 Å². The number of hydrogen-bond donors (Lipinski definition) is 1. The van der Waals surface area contributed by atoms with Crippen LogP contribution in [0.1, 0.15) is 62.3 Å². The molecule has 5 nitrogen and oxygen atoms in total. The van der Waals surface area contributed by atoms with Crippen LogP contribution in [0.4, 0.5) is 5.82 Å². The fourth-order valence-corrected chi connectivity index (χ4v) is 2.50. The fourth-order valence-electron chi connectivity index (χ4n) is 2.50. The van der Waals surface area contributed by atoms with Crippen LogP contribution >= 0.6 is 0 Å². The van der Waals surface area contributed by atoms with Gasteiger partial charge >= 0.3 is 0 Å². The first kappa shape index (κ1) is 14.0. The van der Waals surface area contributed by atoms with Crippen LogP contribution < -0.4 is 5.32 Å². The first-order valence-electron chi connectivity index (χ1n) is 7.75. The number of aromatic nitrogens is 4. The van der Waals surface area contributed by atoms with Gasteiger partial charge in [-0.15, -0.1) is 0 Å². The molecule has 1 aliphatic rings. The molecule has 2 aromatic heterocycles. The highest BCUT2D eigenvalue weighted by Crippen LogP contribution is 2.34. The van der Waals surface area contributed by atoms with E-state index in [4.69, 9.17) is 4.98 Å². The van der Waals surface area contributed by atoms with E-state index in [2.05, 4.69) is 35.3 Å². The Morgan fingerprint density at radius 1 is 1.33 bits per heavy atom. The molecule has 0 bridgehead atoms. The van der Waals surface area contributed by atoms with Gasteiger partial charge in [-0.05, 0) is 39.7 Å². The van der Waals surface area contributed by atoms with E-state index in [1.165, 1.54) is 19.3 Å². The zero-order chi connectivity index (χ0) is 14.8. The number of nitrogens with one attached hydrogen (secondary N) is 1. The van der Waals surface area contributed by atoms with Gasteiger partial charge in [-0.2, -0.15) is 5.10 Å². The summed E-state index contributed by atoms with van der Waals surface area (Å²) in [6.45, 7) is 6.98. The molecule has 1 fully saturated rings. The van der Waals surface area contributed by atoms with Crippen LogP contribution in [0.2, 0.25) is 0 Å². The number of aryl methyl sites for hydroxylation is 1. The van der Waals surface area contributed by atoms with Gasteiger partial charge in [0.1, 0.15) is 11.6 Å². The topological polar surface area (TPSA) is 55.6 Å². The fraction of sp³-hybridized carbons (Fsp3) is 0.562. The highest BCUT2D eigenvalue weighted by molar-refractivity contribution is 5.33. The minimum Gasteiger partial charge on any atom is -0.363 e. The summed E-state index contributed by atoms with van der Waals surface area (Å²) in [6, 6.07) is 4.43. The SMILES string of the molecule is Cc1cc(CNc2ccn(C(C)C)n2)nc(C2CCC2)n1. The van der Waals surface area contributed by atoms with Gasteiger partial charge in [-0.3, -0.25) is 4.68 Å². The summed E-state index contributed by atoms with van der Waals surface area (Å²) < 4.78 is 1.95. The second-order valence-electron chi connectivity index (χ2n) is 6.11. The normalized spacial score (nSPS) is 15.2. The summed E-state index contributed by atoms with van der Waals surface area (Å²) in [5.41, 5.74) is 2.10. The minimum absolute atomic E-state index is 0.382. The molecule has 1 N–H and O–H groups in total. The van der Waals surface area contributed by atoms with Gasteiger partial charge in [0.15, 0.2) is 0 Å². The standard InChI is InChI=1S/C16H23N5/c1-11(2)21-8-7-15(20-21)17-10-14-9-12(3)18-16(19-14)13-5-4-6-13/h7-9,11,13H,4-6,10H2,1-3H3,(H,17,20). The predicted octanol–water partition coefficient (Wildman–Crippen LogP) is 3.44. The number of anilines is 1. The van der Waals surface area contributed by atoms with Crippen molar-refractivity contribution in [3.8, 4) is 0 Å². The molecule has 0 saturated heterocycles. The van der Waals surface area contributed by atoms with Crippen LogP contribution in [0, 0.1) is 6.92 Å². The molecular weight excluding hydrogens is 262 g/mol. The van der Waals surface area contributed by atoms with Crippen molar-refractivity contribution in [1.29, 1.82) is 0 Å². The van der Waals surface area contributed by atoms with E-state index in [1.54, 1.807) is 0 Å². The van der Waals surface area contributed by atoms with Crippen LogP contribution in [0.15, 0.2) is 18.3 Å². The van der Waals surface area contributed by atoms with E-state index in [1.807, 2.05) is 23.9 Å². The Hall–Kier alpha value is -1.91. The Kier molecular flexibility index (Phi) is 3.90. The lowest BCUT2D eigenvalue weighted by Gasteiger charge is -2.24. The summed E-state index contributed by atoms with van der Waals surface area (Å²) >= 11 is 0. The van der Waals surface area contributed by atoms with E-state index >= 15 is 0 Å². The van der Waals surface area contributed by atoms with E-state index in [9.17, 15) is 0 Å². The maximum Gasteiger partial charge on any atom is 0.148 e. The van der Waals surface area contributed by atoms with Crippen molar-refractivity contribution in [2.45, 2.75) is 58.5 Å². The molecule has 0 aromatic carbocycles. The van der Waals surface area contributed by atoms with Crippen molar-refractivity contribution < 1.29 is 0 Å². The molecule has 2 heterocycles. The Balaban J connectivity index is 1.67. The third-order valence-electron chi connectivity index (χ3n) is 3.98. The second kappa shape index (κ2) is 5.84. The summed E-state index contributed by atoms with van der Waals surface area (Å²) in [5.74, 6) is 2.49. The van der Waals surface area contributed by atoms with Gasteiger partial charge in [0, 0.05) is 29.9 Å². The average Bonchev–Trinajstić information content (AvgIpc) is 2.82. The maximum absolute atomic E-state index is 4.70. The van der Waals surface area contributed by atoms with Crippen molar-refractivity contribution in [3.05, 3.63) is 35.5 Å². The Morgan fingerprint density at radius 3 is 2.76 bits per heavy atom. The highest BCUT2D eigenvalue weighted by Gasteiger charge is 2.22. The van der Waals surface area contributed by atoms with Crippen LogP contribution in [0.25, 0.3) is 0 Å². The summed E-state index contributed by atoms with van der Waals surface area (Å²) in [6.07, 6.45) is 5.77. The minimum atomic E-state index is 0.382. The van der Waals surface area contributed by atoms with E-state index in [-0.39, 0.29) is 0 Å². The molecule has 2 aromatic rings. The van der Waals surface area contributed by atoms with Crippen molar-refractivity contribution in [3.63, 3.8) is 0 Å². The van der Waals surface area contributed by atoms with Crippen molar-refractivity contribution in [2.24, 2.45) is 0 Å². The molecule has 1 saturated carbocycles. The van der Waals surface area contributed by atoms with Gasteiger partial charge in [0.05, 0.1) is 12.2 Å². The smallest absolute Gasteiger partial charge is 0.148 e. The maximum atomic E-state index is 4.70. The summed E-state index contributed by atoms with van der Waals surface area (Å²) in [7, 11) is 0. The average molecular weight is 285 g/mol. The largest absolute Gasteiger partial charge is 0.363 e. The summed E-state index contributed by atoms with van der Waals surface area (Å²) in [4.78, 5) is 9.28. The molecule has 0 aliphatic heterocycles. The Labute approximate surface area is 125 Å². The molecule has 0 radical (unpaired) electrons. The van der Waals surface area contributed by atoms with Crippen LogP contribution in [0.3, 0.4) is 0 Å². The van der Waals surface area contributed by atoms with Crippen LogP contribution in [-0.2, 0) is 6.54 Å². The van der Waals surface area contributed by atoms with E-state index < -0.39 is 0 Å². The van der Waals surface area contributed by atoms with Crippen molar-refractivity contribution >= 4 is 5.82 Å². The van der Waals surface area contributed by atoms with Gasteiger partial charge in [0.25, 0.3) is 0 Å². The number of rotatable bonds is 5. The summed E-state index contributed by atoms with van der Waals surface area (Å²) in [5, 5.41) is 7.84. The molecule has 0 amide bonds. The molecule has 0 unspecified atom stereocenters. The molecule has 1 aliphatic carbocycles. The lowest BCUT2D eigenvalue weighted by Crippen LogP contribution is -2.15. The zero-order valence-corrected chi connectivity index (χ0v) is 13.0. The van der Waals surface area contributed by atoms with Crippen LogP contribution in [-0.4, -0.2) is 19.7 Å². The quantitative estimate of drug-likeness (QED) is 0.914. The van der Waals surface area contributed by atoms with Gasteiger partial charge in [0.2, 0.25) is 0 Å². The molecule has 3 rings (SSSR count). The molecule has 21 heavy (non-hydrogen) atoms. The van der Waals surface area contributed by atoms with Crippen molar-refractivity contribution in [2.75, 3.05) is 5.32 Å². The van der Waals surface area contributed by atoms with Crippen LogP contribution in [0.5, 0.6) is 0 Å². The molecule has 5 heteroatoms. The second-order valence-corrected chi connectivity index (χ2v) is 6.11. The van der Waals surface area contributed by atoms with Gasteiger partial charge in [-0.25, -0.2) is 9.97 Å². The molecule has 112 valence electrons. The lowest BCUT2D eigenvalue weighted by atomic mass is 9.85. The Morgan fingerprint density at radius 2 is 2.14 bits per heavy atom. The third kappa shape index (κ3) is 3.23. The van der Waals surface area contributed by atoms with Gasteiger partial charge < -0.3 is 5.32 Å². The third-order valence-corrected chi connectivity index (χ3v) is 3.98. The zero-order valence-electron chi connectivity index (χ0n) is 13.0. The number of hydrogen-bond acceptors (Lipinski definition) is 4. The van der Waals surface area contributed by atoms with E-state index in [0.29, 0.717) is 18.5 Å². The first-order chi connectivity index (χ1) is 10.1. The Bertz CT molecular complexity index is 613. The van der Waals surface area contributed by atoms with E-state index in [0.717, 1.165) is 23.0 Å². The molecular formula is C16H23N5.